The van der Waals surface area contributed by atoms with E-state index in [9.17, 15) is 14.9 Å². The third-order valence-corrected chi connectivity index (χ3v) is 3.08. The Morgan fingerprint density at radius 1 is 1.38 bits per heavy atom. The molecule has 0 saturated carbocycles. The molecule has 0 atom stereocenters. The summed E-state index contributed by atoms with van der Waals surface area (Å²) in [6, 6.07) is 5.69. The van der Waals surface area contributed by atoms with Crippen molar-refractivity contribution < 1.29 is 9.72 Å². The zero-order valence-electron chi connectivity index (χ0n) is 10.7. The van der Waals surface area contributed by atoms with Gasteiger partial charge in [-0.2, -0.15) is 0 Å². The van der Waals surface area contributed by atoms with Gasteiger partial charge in [0.25, 0.3) is 11.6 Å². The lowest BCUT2D eigenvalue weighted by Gasteiger charge is -2.08. The van der Waals surface area contributed by atoms with Crippen molar-refractivity contribution in [3.8, 4) is 0 Å². The molecule has 108 valence electrons. The van der Waals surface area contributed by atoms with E-state index in [0.717, 1.165) is 17.7 Å². The van der Waals surface area contributed by atoms with Gasteiger partial charge in [-0.15, -0.1) is 0 Å². The van der Waals surface area contributed by atoms with E-state index < -0.39 is 10.8 Å². The summed E-state index contributed by atoms with van der Waals surface area (Å²) < 4.78 is 0. The highest BCUT2D eigenvalue weighted by Crippen LogP contribution is 2.28. The second-order valence-corrected chi connectivity index (χ2v) is 4.59. The molecule has 0 saturated heterocycles. The Morgan fingerprint density at radius 3 is 2.67 bits per heavy atom. The fourth-order valence-corrected chi connectivity index (χ4v) is 1.89. The van der Waals surface area contributed by atoms with Crippen LogP contribution in [0.3, 0.4) is 0 Å². The largest absolute Gasteiger partial charge is 0.397 e. The van der Waals surface area contributed by atoms with Crippen LogP contribution in [-0.2, 0) is 6.54 Å². The number of carbonyl (C=O) groups excluding carboxylic acids is 1. The Bertz CT molecular complexity index is 691. The lowest BCUT2D eigenvalue weighted by Crippen LogP contribution is -2.24. The van der Waals surface area contributed by atoms with Crippen molar-refractivity contribution in [2.24, 2.45) is 0 Å². The minimum absolute atomic E-state index is 0.00879. The average molecular weight is 307 g/mol. The molecule has 8 heteroatoms. The second-order valence-electron chi connectivity index (χ2n) is 4.18. The molecule has 7 nitrogen and oxygen atoms in total. The molecule has 0 radical (unpaired) electrons. The number of amides is 1. The molecule has 0 aliphatic carbocycles. The number of nitro groups is 1. The van der Waals surface area contributed by atoms with Crippen molar-refractivity contribution in [1.82, 2.24) is 10.3 Å². The van der Waals surface area contributed by atoms with Gasteiger partial charge >= 0.3 is 0 Å². The second kappa shape index (κ2) is 6.19. The van der Waals surface area contributed by atoms with Gasteiger partial charge in [0, 0.05) is 31.1 Å². The first kappa shape index (κ1) is 14.7. The zero-order chi connectivity index (χ0) is 15.4. The fourth-order valence-electron chi connectivity index (χ4n) is 1.68. The number of nitrogens with two attached hydrogens (primary N) is 1. The van der Waals surface area contributed by atoms with Gasteiger partial charge in [0.1, 0.15) is 0 Å². The van der Waals surface area contributed by atoms with Crippen LogP contribution >= 0.6 is 11.6 Å². The highest BCUT2D eigenvalue weighted by Gasteiger charge is 2.18. The first-order chi connectivity index (χ1) is 9.99. The van der Waals surface area contributed by atoms with Crippen molar-refractivity contribution >= 4 is 28.9 Å². The molecular weight excluding hydrogens is 296 g/mol. The number of non-ortho nitro benzene ring substituents is 1. The molecular formula is C13H11ClN4O3. The SMILES string of the molecule is Nc1c(Cl)cc([N+](=O)[O-])cc1C(=O)NCc1ccncc1. The molecule has 2 aromatic rings. The lowest BCUT2D eigenvalue weighted by molar-refractivity contribution is -0.384. The van der Waals surface area contributed by atoms with Crippen LogP contribution in [0.5, 0.6) is 0 Å². The van der Waals surface area contributed by atoms with Crippen molar-refractivity contribution in [1.29, 1.82) is 0 Å². The summed E-state index contributed by atoms with van der Waals surface area (Å²) in [5.41, 5.74) is 6.23. The van der Waals surface area contributed by atoms with E-state index in [1.54, 1.807) is 24.5 Å². The third-order valence-electron chi connectivity index (χ3n) is 2.77. The summed E-state index contributed by atoms with van der Waals surface area (Å²) in [5, 5.41) is 13.4. The number of hydrogen-bond donors (Lipinski definition) is 2. The number of nitrogens with one attached hydrogen (secondary N) is 1. The summed E-state index contributed by atoms with van der Waals surface area (Å²) >= 11 is 5.81. The van der Waals surface area contributed by atoms with Crippen molar-refractivity contribution in [2.75, 3.05) is 5.73 Å². The molecule has 21 heavy (non-hydrogen) atoms. The van der Waals surface area contributed by atoms with Crippen LogP contribution in [0.4, 0.5) is 11.4 Å². The molecule has 1 amide bonds. The fraction of sp³-hybridized carbons (Fsp3) is 0.0769. The number of halogens is 1. The number of hydrogen-bond acceptors (Lipinski definition) is 5. The zero-order valence-corrected chi connectivity index (χ0v) is 11.5. The topological polar surface area (TPSA) is 111 Å². The summed E-state index contributed by atoms with van der Waals surface area (Å²) in [4.78, 5) is 26.1. The van der Waals surface area contributed by atoms with Crippen LogP contribution in [0, 0.1) is 10.1 Å². The predicted octanol–water partition coefficient (Wildman–Crippen LogP) is 2.16. The minimum Gasteiger partial charge on any atom is -0.397 e. The standard InChI is InChI=1S/C13H11ClN4O3/c14-11-6-9(18(20)21)5-10(12(11)15)13(19)17-7-8-1-3-16-4-2-8/h1-6H,7,15H2,(H,17,19). The van der Waals surface area contributed by atoms with E-state index in [1.165, 1.54) is 0 Å². The maximum absolute atomic E-state index is 12.1. The summed E-state index contributed by atoms with van der Waals surface area (Å²) in [5.74, 6) is -0.532. The van der Waals surface area contributed by atoms with Crippen LogP contribution in [0.25, 0.3) is 0 Å². The Labute approximate surface area is 124 Å². The summed E-state index contributed by atoms with van der Waals surface area (Å²) in [6.45, 7) is 0.251. The summed E-state index contributed by atoms with van der Waals surface area (Å²) in [7, 11) is 0. The predicted molar refractivity (Wildman–Crippen MR) is 77.9 cm³/mol. The number of benzene rings is 1. The molecule has 0 spiro atoms. The van der Waals surface area contributed by atoms with Gasteiger partial charge in [0.2, 0.25) is 0 Å². The highest BCUT2D eigenvalue weighted by molar-refractivity contribution is 6.34. The minimum atomic E-state index is -0.634. The molecule has 1 heterocycles. The van der Waals surface area contributed by atoms with Crippen molar-refractivity contribution in [2.45, 2.75) is 6.54 Å². The molecule has 2 rings (SSSR count). The highest BCUT2D eigenvalue weighted by atomic mass is 35.5. The maximum atomic E-state index is 12.1. The van der Waals surface area contributed by atoms with E-state index >= 15 is 0 Å². The normalized spacial score (nSPS) is 10.1. The van der Waals surface area contributed by atoms with Crippen LogP contribution in [0.2, 0.25) is 5.02 Å². The Kier molecular flexibility index (Phi) is 4.34. The first-order valence-electron chi connectivity index (χ1n) is 5.89. The molecule has 3 N–H and O–H groups in total. The monoisotopic (exact) mass is 306 g/mol. The first-order valence-corrected chi connectivity index (χ1v) is 6.27. The number of aromatic nitrogens is 1. The van der Waals surface area contributed by atoms with Gasteiger partial charge in [0.15, 0.2) is 0 Å². The van der Waals surface area contributed by atoms with Gasteiger partial charge in [-0.05, 0) is 17.7 Å². The van der Waals surface area contributed by atoms with Gasteiger partial charge in [0.05, 0.1) is 21.2 Å². The molecule has 0 aliphatic heterocycles. The summed E-state index contributed by atoms with van der Waals surface area (Å²) in [6.07, 6.45) is 3.19. The smallest absolute Gasteiger partial charge is 0.271 e. The van der Waals surface area contributed by atoms with Crippen LogP contribution < -0.4 is 11.1 Å². The van der Waals surface area contributed by atoms with E-state index in [1.807, 2.05) is 0 Å². The van der Waals surface area contributed by atoms with E-state index in [-0.39, 0.29) is 28.5 Å². The Balaban J connectivity index is 2.21. The van der Waals surface area contributed by atoms with Crippen molar-refractivity contribution in [3.63, 3.8) is 0 Å². The number of nitrogens with zero attached hydrogens (tertiary/aromatic N) is 2. The number of rotatable bonds is 4. The number of carbonyl (C=O) groups is 1. The van der Waals surface area contributed by atoms with Crippen molar-refractivity contribution in [3.05, 3.63) is 62.9 Å². The molecule has 1 aromatic carbocycles. The maximum Gasteiger partial charge on any atom is 0.271 e. The van der Waals surface area contributed by atoms with Gasteiger partial charge in [-0.25, -0.2) is 0 Å². The van der Waals surface area contributed by atoms with E-state index in [2.05, 4.69) is 10.3 Å². The number of pyridine rings is 1. The number of nitro benzene ring substituents is 1. The quantitative estimate of drug-likeness (QED) is 0.511. The van der Waals surface area contributed by atoms with Gasteiger partial charge in [-0.3, -0.25) is 19.9 Å². The van der Waals surface area contributed by atoms with Crippen LogP contribution in [0.15, 0.2) is 36.7 Å². The average Bonchev–Trinajstić information content (AvgIpc) is 2.48. The Hall–Kier alpha value is -2.67. The van der Waals surface area contributed by atoms with Crippen LogP contribution in [0.1, 0.15) is 15.9 Å². The Morgan fingerprint density at radius 2 is 2.05 bits per heavy atom. The lowest BCUT2D eigenvalue weighted by atomic mass is 10.1. The molecule has 0 aliphatic rings. The third kappa shape index (κ3) is 3.46. The van der Waals surface area contributed by atoms with Crippen LogP contribution in [-0.4, -0.2) is 15.8 Å². The van der Waals surface area contributed by atoms with Gasteiger partial charge in [-0.1, -0.05) is 11.6 Å². The number of anilines is 1. The molecule has 0 bridgehead atoms. The van der Waals surface area contributed by atoms with Gasteiger partial charge < -0.3 is 11.1 Å². The van der Waals surface area contributed by atoms with E-state index in [4.69, 9.17) is 17.3 Å². The number of nitrogen functional groups attached to an aromatic ring is 1. The molecule has 0 unspecified atom stereocenters. The van der Waals surface area contributed by atoms with E-state index in [0.29, 0.717) is 0 Å². The molecule has 1 aromatic heterocycles. The molecule has 0 fully saturated rings.